The molecule has 0 bridgehead atoms. The van der Waals surface area contributed by atoms with Crippen LogP contribution < -0.4 is 4.90 Å². The first-order chi connectivity index (χ1) is 8.27. The maximum atomic E-state index is 12.0. The van der Waals surface area contributed by atoms with Gasteiger partial charge in [-0.3, -0.25) is 4.79 Å². The highest BCUT2D eigenvalue weighted by Crippen LogP contribution is 2.50. The number of benzene rings is 1. The summed E-state index contributed by atoms with van der Waals surface area (Å²) in [4.78, 5) is 14.1. The fourth-order valence-corrected chi connectivity index (χ4v) is 3.52. The molecule has 90 valence electrons. The van der Waals surface area contributed by atoms with Gasteiger partial charge in [-0.2, -0.15) is 0 Å². The third-order valence-electron chi connectivity index (χ3n) is 4.39. The summed E-state index contributed by atoms with van der Waals surface area (Å²) in [5.41, 5.74) is 2.86. The number of anilines is 1. The molecular formula is C15H19NO. The molecule has 2 nitrogen and oxygen atoms in total. The number of fused-ring (bicyclic) bond motifs is 2. The van der Waals surface area contributed by atoms with Crippen molar-refractivity contribution in [2.75, 3.05) is 11.4 Å². The van der Waals surface area contributed by atoms with E-state index >= 15 is 0 Å². The molecular weight excluding hydrogens is 210 g/mol. The van der Waals surface area contributed by atoms with Crippen LogP contribution in [0.2, 0.25) is 0 Å². The van der Waals surface area contributed by atoms with Gasteiger partial charge in [0.25, 0.3) is 0 Å². The van der Waals surface area contributed by atoms with Gasteiger partial charge < -0.3 is 4.90 Å². The maximum Gasteiger partial charge on any atom is 0.226 e. The molecule has 0 radical (unpaired) electrons. The lowest BCUT2D eigenvalue weighted by molar-refractivity contribution is -0.118. The van der Waals surface area contributed by atoms with E-state index in [-0.39, 0.29) is 11.3 Å². The molecule has 2 aliphatic rings. The molecule has 1 heterocycles. The topological polar surface area (TPSA) is 20.3 Å². The van der Waals surface area contributed by atoms with Gasteiger partial charge in [0.05, 0.1) is 0 Å². The zero-order chi connectivity index (χ0) is 11.9. The van der Waals surface area contributed by atoms with Crippen LogP contribution in [-0.2, 0) is 10.2 Å². The van der Waals surface area contributed by atoms with Crippen LogP contribution in [0.4, 0.5) is 5.69 Å². The van der Waals surface area contributed by atoms with E-state index in [9.17, 15) is 4.79 Å². The molecule has 0 aromatic heterocycles. The van der Waals surface area contributed by atoms with E-state index in [4.69, 9.17) is 0 Å². The number of carbonyl (C=O) groups is 1. The van der Waals surface area contributed by atoms with Crippen molar-refractivity contribution in [3.8, 4) is 0 Å². The molecule has 1 saturated carbocycles. The summed E-state index contributed by atoms with van der Waals surface area (Å²) in [6.07, 6.45) is 5.71. The third kappa shape index (κ3) is 1.50. The number of hydrogen-bond acceptors (Lipinski definition) is 1. The molecule has 1 fully saturated rings. The Morgan fingerprint density at radius 2 is 2.00 bits per heavy atom. The average Bonchev–Trinajstić information content (AvgIpc) is 2.97. The number of amides is 1. The number of rotatable bonds is 1. The summed E-state index contributed by atoms with van der Waals surface area (Å²) in [7, 11) is 0. The van der Waals surface area contributed by atoms with Crippen molar-refractivity contribution < 1.29 is 4.79 Å². The fraction of sp³-hybridized carbons (Fsp3) is 0.533. The second-order valence-corrected chi connectivity index (χ2v) is 5.34. The van der Waals surface area contributed by atoms with Gasteiger partial charge in [0.15, 0.2) is 0 Å². The van der Waals surface area contributed by atoms with Gasteiger partial charge in [-0.15, -0.1) is 0 Å². The molecule has 0 atom stereocenters. The SMILES string of the molecule is CCC(=O)N1CC2(CCCC2)c2ccccc21. The first-order valence-corrected chi connectivity index (χ1v) is 6.67. The standard InChI is InChI=1S/C15H19NO/c1-2-14(17)16-11-15(9-5-6-10-15)12-7-3-4-8-13(12)16/h3-4,7-8H,2,5-6,9-11H2,1H3. The quantitative estimate of drug-likeness (QED) is 0.724. The molecule has 0 unspecified atom stereocenters. The van der Waals surface area contributed by atoms with Crippen molar-refractivity contribution in [3.05, 3.63) is 29.8 Å². The van der Waals surface area contributed by atoms with Gasteiger partial charge in [0.1, 0.15) is 0 Å². The Kier molecular flexibility index (Phi) is 2.46. The summed E-state index contributed by atoms with van der Waals surface area (Å²) in [6, 6.07) is 8.49. The Balaban J connectivity index is 2.06. The van der Waals surface area contributed by atoms with Crippen LogP contribution in [0.15, 0.2) is 24.3 Å². The van der Waals surface area contributed by atoms with Crippen LogP contribution in [0.25, 0.3) is 0 Å². The summed E-state index contributed by atoms with van der Waals surface area (Å²) < 4.78 is 0. The first-order valence-electron chi connectivity index (χ1n) is 6.67. The Labute approximate surface area is 103 Å². The lowest BCUT2D eigenvalue weighted by Gasteiger charge is -2.24. The normalized spacial score (nSPS) is 20.9. The van der Waals surface area contributed by atoms with E-state index in [0.717, 1.165) is 6.54 Å². The summed E-state index contributed by atoms with van der Waals surface area (Å²) in [5, 5.41) is 0. The van der Waals surface area contributed by atoms with Gasteiger partial charge >= 0.3 is 0 Å². The Bertz CT molecular complexity index is 446. The second-order valence-electron chi connectivity index (χ2n) is 5.34. The number of nitrogens with zero attached hydrogens (tertiary/aromatic N) is 1. The smallest absolute Gasteiger partial charge is 0.226 e. The van der Waals surface area contributed by atoms with Gasteiger partial charge in [0, 0.05) is 24.1 Å². The van der Waals surface area contributed by atoms with Crippen molar-refractivity contribution in [2.24, 2.45) is 0 Å². The predicted octanol–water partition coefficient (Wildman–Crippen LogP) is 3.26. The third-order valence-corrected chi connectivity index (χ3v) is 4.39. The first kappa shape index (κ1) is 10.8. The molecule has 1 spiro atoms. The average molecular weight is 229 g/mol. The second kappa shape index (κ2) is 3.86. The van der Waals surface area contributed by atoms with Gasteiger partial charge in [0.2, 0.25) is 5.91 Å². The highest BCUT2D eigenvalue weighted by molar-refractivity contribution is 5.96. The number of para-hydroxylation sites is 1. The summed E-state index contributed by atoms with van der Waals surface area (Å²) in [5.74, 6) is 0.265. The maximum absolute atomic E-state index is 12.0. The Hall–Kier alpha value is -1.31. The van der Waals surface area contributed by atoms with Crippen LogP contribution in [0.1, 0.15) is 44.6 Å². The minimum atomic E-state index is 0.265. The van der Waals surface area contributed by atoms with E-state index in [2.05, 4.69) is 18.2 Å². The lowest BCUT2D eigenvalue weighted by atomic mass is 9.81. The van der Waals surface area contributed by atoms with Crippen LogP contribution in [0.3, 0.4) is 0 Å². The van der Waals surface area contributed by atoms with Gasteiger partial charge in [-0.1, -0.05) is 38.0 Å². The molecule has 2 heteroatoms. The van der Waals surface area contributed by atoms with Gasteiger partial charge in [-0.25, -0.2) is 0 Å². The molecule has 1 aromatic rings. The van der Waals surface area contributed by atoms with E-state index in [1.165, 1.54) is 36.9 Å². The van der Waals surface area contributed by atoms with Crippen molar-refractivity contribution >= 4 is 11.6 Å². The molecule has 1 aliphatic heterocycles. The Morgan fingerprint density at radius 3 is 2.71 bits per heavy atom. The molecule has 1 amide bonds. The monoisotopic (exact) mass is 229 g/mol. The minimum absolute atomic E-state index is 0.265. The van der Waals surface area contributed by atoms with Crippen LogP contribution in [0.5, 0.6) is 0 Å². The zero-order valence-electron chi connectivity index (χ0n) is 10.4. The fourth-order valence-electron chi connectivity index (χ4n) is 3.52. The summed E-state index contributed by atoms with van der Waals surface area (Å²) >= 11 is 0. The Morgan fingerprint density at radius 1 is 1.29 bits per heavy atom. The molecule has 3 rings (SSSR count). The van der Waals surface area contributed by atoms with Crippen molar-refractivity contribution in [3.63, 3.8) is 0 Å². The predicted molar refractivity (Wildman–Crippen MR) is 69.2 cm³/mol. The zero-order valence-corrected chi connectivity index (χ0v) is 10.4. The van der Waals surface area contributed by atoms with E-state index in [1.54, 1.807) is 0 Å². The van der Waals surface area contributed by atoms with Gasteiger partial charge in [-0.05, 0) is 24.5 Å². The minimum Gasteiger partial charge on any atom is -0.311 e. The summed E-state index contributed by atoms with van der Waals surface area (Å²) in [6.45, 7) is 2.86. The number of carbonyl (C=O) groups excluding carboxylic acids is 1. The highest BCUT2D eigenvalue weighted by Gasteiger charge is 2.45. The molecule has 0 N–H and O–H groups in total. The number of hydrogen-bond donors (Lipinski definition) is 0. The molecule has 17 heavy (non-hydrogen) atoms. The lowest BCUT2D eigenvalue weighted by Crippen LogP contribution is -2.35. The van der Waals surface area contributed by atoms with Crippen molar-refractivity contribution in [1.82, 2.24) is 0 Å². The molecule has 1 aromatic carbocycles. The van der Waals surface area contributed by atoms with Crippen molar-refractivity contribution in [1.29, 1.82) is 0 Å². The van der Waals surface area contributed by atoms with E-state index in [1.807, 2.05) is 17.9 Å². The van der Waals surface area contributed by atoms with Crippen molar-refractivity contribution in [2.45, 2.75) is 44.4 Å². The highest BCUT2D eigenvalue weighted by atomic mass is 16.2. The van der Waals surface area contributed by atoms with E-state index < -0.39 is 0 Å². The molecule has 0 saturated heterocycles. The van der Waals surface area contributed by atoms with Crippen LogP contribution in [0, 0.1) is 0 Å². The van der Waals surface area contributed by atoms with Crippen LogP contribution in [-0.4, -0.2) is 12.5 Å². The largest absolute Gasteiger partial charge is 0.311 e. The molecule has 1 aliphatic carbocycles. The van der Waals surface area contributed by atoms with Crippen LogP contribution >= 0.6 is 0 Å². The van der Waals surface area contributed by atoms with E-state index in [0.29, 0.717) is 6.42 Å².